The molecule has 0 aliphatic carbocycles. The third-order valence-corrected chi connectivity index (χ3v) is 3.74. The lowest BCUT2D eigenvalue weighted by molar-refractivity contribution is 0.0947. The molecule has 6 radical (unpaired) electrons. The monoisotopic (exact) mass is 405 g/mol. The van der Waals surface area contributed by atoms with Crippen LogP contribution in [0.4, 0.5) is 23.1 Å². The lowest BCUT2D eigenvalue weighted by Gasteiger charge is -2.22. The fraction of sp³-hybridized carbons (Fsp3) is 0.167. The first-order valence-electron chi connectivity index (χ1n) is 8.93. The van der Waals surface area contributed by atoms with Crippen LogP contribution in [-0.2, 0) is 0 Å². The molecule has 3 rings (SSSR count). The first-order chi connectivity index (χ1) is 14.6. The Kier molecular flexibility index (Phi) is 6.20. The van der Waals surface area contributed by atoms with E-state index in [0.29, 0.717) is 11.6 Å². The molecule has 0 aliphatic rings. The van der Waals surface area contributed by atoms with Crippen molar-refractivity contribution in [1.82, 2.24) is 30.5 Å². The molecule has 0 saturated carbocycles. The van der Waals surface area contributed by atoms with Crippen molar-refractivity contribution in [3.63, 3.8) is 0 Å². The highest BCUT2D eigenvalue weighted by Crippen LogP contribution is 2.24. The molecule has 0 spiro atoms. The zero-order valence-corrected chi connectivity index (χ0v) is 16.7. The van der Waals surface area contributed by atoms with E-state index in [4.69, 9.17) is 23.5 Å². The molecule has 31 heavy (non-hydrogen) atoms. The number of hydrogen-bond acceptors (Lipinski definition) is 9. The SMILES string of the molecule is [B]C([B])([B])NC(=O)c1nnc(Nc2cc(C)nc(C)n2)cc1Nc1ncccc1C#N. The molecular weight excluding hydrogens is 391 g/mol. The topological polar surface area (TPSA) is 141 Å². The number of aryl methyl sites for hydroxylation is 2. The van der Waals surface area contributed by atoms with E-state index in [0.717, 1.165) is 5.69 Å². The summed E-state index contributed by atoms with van der Waals surface area (Å²) >= 11 is 0. The van der Waals surface area contributed by atoms with Crippen LogP contribution in [0.1, 0.15) is 27.6 Å². The number of hydrogen-bond donors (Lipinski definition) is 3. The number of nitrogens with one attached hydrogen (secondary N) is 3. The number of nitrogens with zero attached hydrogens (tertiary/aromatic N) is 6. The van der Waals surface area contributed by atoms with E-state index < -0.39 is 11.1 Å². The number of rotatable bonds is 6. The maximum atomic E-state index is 12.6. The lowest BCUT2D eigenvalue weighted by atomic mass is 9.49. The quantitative estimate of drug-likeness (QED) is 0.500. The van der Waals surface area contributed by atoms with Crippen LogP contribution in [0.25, 0.3) is 0 Å². The zero-order chi connectivity index (χ0) is 22.6. The van der Waals surface area contributed by atoms with E-state index in [1.54, 1.807) is 25.1 Å². The van der Waals surface area contributed by atoms with Crippen LogP contribution in [0.2, 0.25) is 0 Å². The van der Waals surface area contributed by atoms with Crippen LogP contribution >= 0.6 is 0 Å². The molecule has 3 heterocycles. The molecule has 0 bridgehead atoms. The molecule has 3 N–H and O–H groups in total. The summed E-state index contributed by atoms with van der Waals surface area (Å²) in [7, 11) is 16.4. The summed E-state index contributed by atoms with van der Waals surface area (Å²) < 4.78 is 0. The normalized spacial score (nSPS) is 10.7. The highest BCUT2D eigenvalue weighted by Gasteiger charge is 2.21. The molecule has 13 heteroatoms. The van der Waals surface area contributed by atoms with Gasteiger partial charge in [0.25, 0.3) is 5.91 Å². The maximum Gasteiger partial charge on any atom is 0.272 e. The lowest BCUT2D eigenvalue weighted by Crippen LogP contribution is -2.50. The summed E-state index contributed by atoms with van der Waals surface area (Å²) in [5, 5.41) is 23.4. The Morgan fingerprint density at radius 1 is 1.10 bits per heavy atom. The molecule has 0 atom stereocenters. The van der Waals surface area contributed by atoms with Gasteiger partial charge in [-0.1, -0.05) is 5.24 Å². The summed E-state index contributed by atoms with van der Waals surface area (Å²) in [6.07, 6.45) is 1.49. The number of carbonyl (C=O) groups is 1. The minimum atomic E-state index is -1.97. The predicted molar refractivity (Wildman–Crippen MR) is 117 cm³/mol. The summed E-state index contributed by atoms with van der Waals surface area (Å²) in [5.41, 5.74) is 1.03. The van der Waals surface area contributed by atoms with Crippen molar-refractivity contribution < 1.29 is 4.79 Å². The van der Waals surface area contributed by atoms with Gasteiger partial charge in [-0.15, -0.1) is 10.2 Å². The molecule has 0 fully saturated rings. The van der Waals surface area contributed by atoms with Gasteiger partial charge in [0, 0.05) is 24.0 Å². The van der Waals surface area contributed by atoms with E-state index in [-0.39, 0.29) is 28.6 Å². The van der Waals surface area contributed by atoms with Gasteiger partial charge in [0.2, 0.25) is 0 Å². The minimum Gasteiger partial charge on any atom is -0.370 e. The van der Waals surface area contributed by atoms with Crippen LogP contribution in [0.3, 0.4) is 0 Å². The van der Waals surface area contributed by atoms with Crippen molar-refractivity contribution in [1.29, 1.82) is 5.26 Å². The standard InChI is InChI=1S/C18H14B3N9O/c1-9-6-13(25-10(2)24-9)27-14-7-12(26-16-11(8-22)4-3-5-23-16)15(30-29-14)17(31)28-18(19,20)21/h3-7H,1-2H3,(H,28,31)(H2,23,24,25,26,27,29). The number of nitriles is 1. The molecular formula is C18H14B3N9O. The van der Waals surface area contributed by atoms with E-state index in [9.17, 15) is 10.1 Å². The van der Waals surface area contributed by atoms with Gasteiger partial charge in [-0.3, -0.25) is 4.79 Å². The Labute approximate surface area is 182 Å². The number of carbonyl (C=O) groups excluding carboxylic acids is 1. The van der Waals surface area contributed by atoms with Crippen molar-refractivity contribution in [3.8, 4) is 6.07 Å². The van der Waals surface area contributed by atoms with Gasteiger partial charge < -0.3 is 16.0 Å². The van der Waals surface area contributed by atoms with E-state index in [1.165, 1.54) is 12.3 Å². The number of aromatic nitrogens is 5. The Morgan fingerprint density at radius 3 is 2.55 bits per heavy atom. The van der Waals surface area contributed by atoms with Gasteiger partial charge >= 0.3 is 0 Å². The molecule has 10 nitrogen and oxygen atoms in total. The average molecular weight is 405 g/mol. The summed E-state index contributed by atoms with van der Waals surface area (Å²) in [6, 6.07) is 8.42. The van der Waals surface area contributed by atoms with Crippen molar-refractivity contribution in [2.75, 3.05) is 10.6 Å². The molecule has 0 saturated heterocycles. The third-order valence-electron chi connectivity index (χ3n) is 3.74. The van der Waals surface area contributed by atoms with Crippen molar-refractivity contribution in [3.05, 3.63) is 53.2 Å². The third kappa shape index (κ3) is 5.79. The van der Waals surface area contributed by atoms with Crippen molar-refractivity contribution in [2.24, 2.45) is 0 Å². The second-order valence-corrected chi connectivity index (χ2v) is 6.58. The number of pyridine rings is 1. The Hall–Kier alpha value is -3.94. The maximum absolute atomic E-state index is 12.6. The summed E-state index contributed by atoms with van der Waals surface area (Å²) in [6.45, 7) is 3.59. The Balaban J connectivity index is 2.01. The summed E-state index contributed by atoms with van der Waals surface area (Å²) in [5.74, 6) is 0.763. The van der Waals surface area contributed by atoms with Gasteiger partial charge in [-0.25, -0.2) is 15.0 Å². The molecule has 0 aliphatic heterocycles. The predicted octanol–water partition coefficient (Wildman–Crippen LogP) is 0.484. The second kappa shape index (κ2) is 8.83. The van der Waals surface area contributed by atoms with Crippen molar-refractivity contribution >= 4 is 52.6 Å². The zero-order valence-electron chi connectivity index (χ0n) is 16.7. The van der Waals surface area contributed by atoms with Crippen LogP contribution < -0.4 is 16.0 Å². The Bertz CT molecular complexity index is 1150. The largest absolute Gasteiger partial charge is 0.370 e. The van der Waals surface area contributed by atoms with E-state index in [2.05, 4.69) is 41.1 Å². The van der Waals surface area contributed by atoms with Crippen molar-refractivity contribution in [2.45, 2.75) is 19.1 Å². The number of amides is 1. The molecule has 1 amide bonds. The first-order valence-corrected chi connectivity index (χ1v) is 8.93. The molecule has 0 aromatic carbocycles. The van der Waals surface area contributed by atoms with E-state index in [1.807, 2.05) is 13.0 Å². The van der Waals surface area contributed by atoms with Crippen LogP contribution in [0.15, 0.2) is 30.5 Å². The Morgan fingerprint density at radius 2 is 1.87 bits per heavy atom. The average Bonchev–Trinajstić information content (AvgIpc) is 2.66. The molecule has 3 aromatic heterocycles. The van der Waals surface area contributed by atoms with Crippen LogP contribution in [-0.4, -0.2) is 59.8 Å². The fourth-order valence-electron chi connectivity index (χ4n) is 2.61. The molecule has 0 unspecified atom stereocenters. The second-order valence-electron chi connectivity index (χ2n) is 6.58. The van der Waals surface area contributed by atoms with Gasteiger partial charge in [0.1, 0.15) is 23.5 Å². The van der Waals surface area contributed by atoms with E-state index >= 15 is 0 Å². The van der Waals surface area contributed by atoms with Gasteiger partial charge in [0.15, 0.2) is 11.5 Å². The van der Waals surface area contributed by atoms with Crippen LogP contribution in [0, 0.1) is 25.2 Å². The van der Waals surface area contributed by atoms with Gasteiger partial charge in [-0.2, -0.15) is 5.26 Å². The smallest absolute Gasteiger partial charge is 0.272 e. The molecule has 3 aromatic rings. The van der Waals surface area contributed by atoms with Gasteiger partial charge in [0.05, 0.1) is 34.8 Å². The summed E-state index contributed by atoms with van der Waals surface area (Å²) in [4.78, 5) is 25.2. The van der Waals surface area contributed by atoms with Gasteiger partial charge in [-0.05, 0) is 26.0 Å². The molecule has 146 valence electrons. The van der Waals surface area contributed by atoms with Crippen LogP contribution in [0.5, 0.6) is 0 Å². The number of anilines is 4. The highest BCUT2D eigenvalue weighted by molar-refractivity contribution is 6.60. The highest BCUT2D eigenvalue weighted by atomic mass is 16.2. The first kappa shape index (κ1) is 21.8. The minimum absolute atomic E-state index is 0.166. The fourth-order valence-corrected chi connectivity index (χ4v) is 2.61.